The number of ketones is 2. The van der Waals surface area contributed by atoms with Gasteiger partial charge in [0.2, 0.25) is 0 Å². The monoisotopic (exact) mass is 331 g/mol. The van der Waals surface area contributed by atoms with Gasteiger partial charge in [0.05, 0.1) is 11.3 Å². The Labute approximate surface area is 132 Å². The van der Waals surface area contributed by atoms with Crippen LogP contribution in [0.1, 0.15) is 38.8 Å². The highest BCUT2D eigenvalue weighted by Gasteiger charge is 2.34. The van der Waals surface area contributed by atoms with Gasteiger partial charge in [0.25, 0.3) is 10.1 Å². The van der Waals surface area contributed by atoms with Crippen molar-refractivity contribution >= 4 is 27.4 Å². The van der Waals surface area contributed by atoms with E-state index in [4.69, 9.17) is 0 Å². The molecule has 6 nitrogen and oxygen atoms in total. The molecule has 0 atom stereocenters. The van der Waals surface area contributed by atoms with Gasteiger partial charge in [0.1, 0.15) is 4.90 Å². The van der Waals surface area contributed by atoms with Crippen LogP contribution >= 0.6 is 0 Å². The Balaban J connectivity index is 2.37. The van der Waals surface area contributed by atoms with Crippen molar-refractivity contribution in [3.8, 4) is 0 Å². The van der Waals surface area contributed by atoms with Crippen LogP contribution in [0.2, 0.25) is 0 Å². The van der Waals surface area contributed by atoms with Crippen molar-refractivity contribution in [2.75, 3.05) is 11.9 Å². The predicted molar refractivity (Wildman–Crippen MR) is 83.7 cm³/mol. The average Bonchev–Trinajstić information content (AvgIpc) is 2.51. The van der Waals surface area contributed by atoms with Gasteiger partial charge < -0.3 is 5.32 Å². The molecule has 1 aliphatic rings. The lowest BCUT2D eigenvalue weighted by atomic mass is 9.83. The van der Waals surface area contributed by atoms with Crippen molar-refractivity contribution in [1.29, 1.82) is 0 Å². The Morgan fingerprint density at radius 3 is 2.13 bits per heavy atom. The molecule has 0 saturated heterocycles. The number of benzene rings is 2. The Kier molecular flexibility index (Phi) is 3.54. The van der Waals surface area contributed by atoms with Gasteiger partial charge in [-0.3, -0.25) is 14.1 Å². The van der Waals surface area contributed by atoms with E-state index < -0.39 is 20.8 Å². The molecule has 23 heavy (non-hydrogen) atoms. The highest BCUT2D eigenvalue weighted by molar-refractivity contribution is 7.86. The first-order valence-corrected chi connectivity index (χ1v) is 8.37. The van der Waals surface area contributed by atoms with Crippen molar-refractivity contribution in [1.82, 2.24) is 0 Å². The summed E-state index contributed by atoms with van der Waals surface area (Å²) in [6.07, 6.45) is 0. The molecule has 0 aliphatic heterocycles. The summed E-state index contributed by atoms with van der Waals surface area (Å²) in [7, 11) is -4.53. The summed E-state index contributed by atoms with van der Waals surface area (Å²) >= 11 is 0. The number of carbonyl (C=O) groups is 2. The number of carbonyl (C=O) groups excluding carboxylic acids is 2. The molecule has 0 heterocycles. The molecule has 1 aliphatic carbocycles. The third kappa shape index (κ3) is 2.34. The number of hydrogen-bond donors (Lipinski definition) is 2. The summed E-state index contributed by atoms with van der Waals surface area (Å²) in [6.45, 7) is 2.04. The molecule has 0 amide bonds. The Morgan fingerprint density at radius 2 is 1.57 bits per heavy atom. The van der Waals surface area contributed by atoms with Crippen LogP contribution in [0, 0.1) is 0 Å². The van der Waals surface area contributed by atoms with Gasteiger partial charge in [-0.15, -0.1) is 0 Å². The summed E-state index contributed by atoms with van der Waals surface area (Å²) in [5.74, 6) is -0.798. The van der Waals surface area contributed by atoms with E-state index in [1.807, 2.05) is 0 Å². The number of fused-ring (bicyclic) bond motifs is 2. The first-order valence-electron chi connectivity index (χ1n) is 6.93. The first-order chi connectivity index (χ1) is 10.9. The minimum absolute atomic E-state index is 0.0225. The fraction of sp³-hybridized carbons (Fsp3) is 0.125. The second kappa shape index (κ2) is 5.29. The zero-order valence-corrected chi connectivity index (χ0v) is 13.0. The van der Waals surface area contributed by atoms with Gasteiger partial charge >= 0.3 is 0 Å². The lowest BCUT2D eigenvalue weighted by Crippen LogP contribution is -2.24. The van der Waals surface area contributed by atoms with Gasteiger partial charge in [-0.05, 0) is 19.1 Å². The first kappa shape index (κ1) is 15.4. The summed E-state index contributed by atoms with van der Waals surface area (Å²) in [5.41, 5.74) is 0.562. The molecule has 0 fully saturated rings. The maximum atomic E-state index is 12.8. The van der Waals surface area contributed by atoms with E-state index >= 15 is 0 Å². The van der Waals surface area contributed by atoms with Crippen LogP contribution in [0.25, 0.3) is 0 Å². The quantitative estimate of drug-likeness (QED) is 0.713. The second-order valence-corrected chi connectivity index (χ2v) is 6.46. The lowest BCUT2D eigenvalue weighted by Gasteiger charge is -2.22. The lowest BCUT2D eigenvalue weighted by molar-refractivity contribution is 0.0979. The molecule has 2 aromatic carbocycles. The van der Waals surface area contributed by atoms with E-state index in [1.165, 1.54) is 12.1 Å². The van der Waals surface area contributed by atoms with Gasteiger partial charge in [-0.1, -0.05) is 24.3 Å². The summed E-state index contributed by atoms with van der Waals surface area (Å²) in [4.78, 5) is 24.9. The summed E-state index contributed by atoms with van der Waals surface area (Å²) in [6, 6.07) is 8.76. The number of anilines is 1. The summed E-state index contributed by atoms with van der Waals surface area (Å²) < 4.78 is 32.5. The van der Waals surface area contributed by atoms with E-state index in [0.717, 1.165) is 6.07 Å². The van der Waals surface area contributed by atoms with E-state index in [0.29, 0.717) is 6.54 Å². The van der Waals surface area contributed by atoms with Crippen LogP contribution in [0.15, 0.2) is 41.3 Å². The van der Waals surface area contributed by atoms with Crippen LogP contribution in [0.3, 0.4) is 0 Å². The Bertz CT molecular complexity index is 947. The zero-order chi connectivity index (χ0) is 16.8. The van der Waals surface area contributed by atoms with Gasteiger partial charge in [-0.25, -0.2) is 0 Å². The minimum Gasteiger partial charge on any atom is -0.384 e. The van der Waals surface area contributed by atoms with Crippen LogP contribution in [-0.2, 0) is 10.1 Å². The SMILES string of the molecule is CCNc1c(S(=O)(=O)O)ccc2c1C(=O)c1ccccc1C2=O. The Hall–Kier alpha value is -2.51. The minimum atomic E-state index is -4.53. The molecule has 0 spiro atoms. The van der Waals surface area contributed by atoms with Crippen molar-refractivity contribution in [3.63, 3.8) is 0 Å². The third-order valence-electron chi connectivity index (χ3n) is 3.69. The smallest absolute Gasteiger partial charge is 0.296 e. The highest BCUT2D eigenvalue weighted by atomic mass is 32.2. The fourth-order valence-electron chi connectivity index (χ4n) is 2.73. The highest BCUT2D eigenvalue weighted by Crippen LogP contribution is 2.35. The van der Waals surface area contributed by atoms with Crippen LogP contribution < -0.4 is 5.32 Å². The van der Waals surface area contributed by atoms with Crippen molar-refractivity contribution in [2.45, 2.75) is 11.8 Å². The molecule has 0 aromatic heterocycles. The maximum absolute atomic E-state index is 12.8. The molecule has 118 valence electrons. The van der Waals surface area contributed by atoms with Gasteiger partial charge in [-0.2, -0.15) is 8.42 Å². The second-order valence-electron chi connectivity index (χ2n) is 5.07. The largest absolute Gasteiger partial charge is 0.384 e. The molecule has 0 bridgehead atoms. The van der Waals surface area contributed by atoms with E-state index in [1.54, 1.807) is 25.1 Å². The molecular formula is C16H13NO5S. The van der Waals surface area contributed by atoms with E-state index in [9.17, 15) is 22.6 Å². The van der Waals surface area contributed by atoms with Crippen molar-refractivity contribution in [3.05, 3.63) is 58.7 Å². The van der Waals surface area contributed by atoms with Gasteiger partial charge in [0, 0.05) is 23.2 Å². The Morgan fingerprint density at radius 1 is 0.957 bits per heavy atom. The van der Waals surface area contributed by atoms with Crippen LogP contribution in [0.4, 0.5) is 5.69 Å². The predicted octanol–water partition coefficient (Wildman–Crippen LogP) is 2.14. The molecule has 2 aromatic rings. The standard InChI is InChI=1S/C16H13NO5S/c1-2-17-14-12(23(20,21)22)8-7-11-13(14)16(19)10-6-4-3-5-9(10)15(11)18/h3-8,17H,2H2,1H3,(H,20,21,22). The van der Waals surface area contributed by atoms with Crippen molar-refractivity contribution in [2.24, 2.45) is 0 Å². The molecule has 0 saturated carbocycles. The molecule has 7 heteroatoms. The van der Waals surface area contributed by atoms with E-state index in [2.05, 4.69) is 5.32 Å². The molecule has 2 N–H and O–H groups in total. The molecule has 3 rings (SSSR count). The third-order valence-corrected chi connectivity index (χ3v) is 4.58. The number of rotatable bonds is 3. The zero-order valence-electron chi connectivity index (χ0n) is 12.2. The topological polar surface area (TPSA) is 101 Å². The van der Waals surface area contributed by atoms with Crippen molar-refractivity contribution < 1.29 is 22.6 Å². The maximum Gasteiger partial charge on any atom is 0.296 e. The van der Waals surface area contributed by atoms with Crippen LogP contribution in [-0.4, -0.2) is 31.1 Å². The normalized spacial score (nSPS) is 13.5. The number of hydrogen-bond acceptors (Lipinski definition) is 5. The molecule has 0 radical (unpaired) electrons. The number of nitrogens with one attached hydrogen (secondary N) is 1. The molecule has 0 unspecified atom stereocenters. The molecular weight excluding hydrogens is 318 g/mol. The fourth-order valence-corrected chi connectivity index (χ4v) is 3.41. The van der Waals surface area contributed by atoms with E-state index in [-0.39, 0.29) is 33.7 Å². The average molecular weight is 331 g/mol. The van der Waals surface area contributed by atoms with Gasteiger partial charge in [0.15, 0.2) is 11.6 Å². The summed E-state index contributed by atoms with van der Waals surface area (Å²) in [5, 5.41) is 2.78. The van der Waals surface area contributed by atoms with Crippen LogP contribution in [0.5, 0.6) is 0 Å².